The summed E-state index contributed by atoms with van der Waals surface area (Å²) in [6.45, 7) is 0.377. The topological polar surface area (TPSA) is 35.5 Å². The third-order valence-corrected chi connectivity index (χ3v) is 3.64. The van der Waals surface area contributed by atoms with Crippen LogP contribution in [0, 0.1) is 0 Å². The number of ether oxygens (including phenoxy) is 2. The highest BCUT2D eigenvalue weighted by molar-refractivity contribution is 9.10. The molecule has 0 N–H and O–H groups in total. The molecule has 5 heteroatoms. The van der Waals surface area contributed by atoms with Crippen LogP contribution < -0.4 is 4.74 Å². The molecule has 104 valence electrons. The Bertz CT molecular complexity index is 628. The van der Waals surface area contributed by atoms with E-state index in [0.29, 0.717) is 22.9 Å². The molecule has 0 aliphatic carbocycles. The Hall–Kier alpha value is -1.52. The molecule has 0 spiro atoms. The molecule has 0 unspecified atom stereocenters. The van der Waals surface area contributed by atoms with E-state index < -0.39 is 0 Å². The van der Waals surface area contributed by atoms with Gasteiger partial charge in [-0.05, 0) is 30.3 Å². The molecule has 0 aliphatic heterocycles. The Balaban J connectivity index is 2.08. The second-order valence-corrected chi connectivity index (χ2v) is 5.33. The highest BCUT2D eigenvalue weighted by Gasteiger charge is 2.09. The van der Waals surface area contributed by atoms with Gasteiger partial charge in [-0.2, -0.15) is 0 Å². The van der Waals surface area contributed by atoms with Gasteiger partial charge in [-0.25, -0.2) is 4.79 Å². The predicted octanol–water partition coefficient (Wildman–Crippen LogP) is 4.47. The van der Waals surface area contributed by atoms with Gasteiger partial charge in [0, 0.05) is 15.1 Å². The van der Waals surface area contributed by atoms with Gasteiger partial charge in [0.1, 0.15) is 12.4 Å². The van der Waals surface area contributed by atoms with Crippen LogP contribution in [-0.2, 0) is 11.3 Å². The van der Waals surface area contributed by atoms with Crippen molar-refractivity contribution in [2.24, 2.45) is 0 Å². The van der Waals surface area contributed by atoms with Crippen LogP contribution in [-0.4, -0.2) is 13.1 Å². The first-order valence-corrected chi connectivity index (χ1v) is 7.02. The van der Waals surface area contributed by atoms with E-state index >= 15 is 0 Å². The Kier molecular flexibility index (Phi) is 5.04. The number of hydrogen-bond donors (Lipinski definition) is 0. The summed E-state index contributed by atoms with van der Waals surface area (Å²) >= 11 is 9.31. The number of hydrogen-bond acceptors (Lipinski definition) is 3. The molecular weight excluding hydrogens is 344 g/mol. The highest BCUT2D eigenvalue weighted by Crippen LogP contribution is 2.23. The number of carbonyl (C=O) groups is 1. The first kappa shape index (κ1) is 14.9. The lowest BCUT2D eigenvalue weighted by Gasteiger charge is -2.09. The van der Waals surface area contributed by atoms with Gasteiger partial charge in [0.15, 0.2) is 0 Å². The molecule has 3 nitrogen and oxygen atoms in total. The highest BCUT2D eigenvalue weighted by atomic mass is 79.9. The van der Waals surface area contributed by atoms with E-state index in [2.05, 4.69) is 20.7 Å². The maximum absolute atomic E-state index is 11.4. The van der Waals surface area contributed by atoms with Gasteiger partial charge in [0.2, 0.25) is 0 Å². The average molecular weight is 356 g/mol. The van der Waals surface area contributed by atoms with Crippen molar-refractivity contribution in [2.75, 3.05) is 7.11 Å². The second-order valence-electron chi connectivity index (χ2n) is 4.04. The van der Waals surface area contributed by atoms with Gasteiger partial charge in [-0.3, -0.25) is 0 Å². The summed E-state index contributed by atoms with van der Waals surface area (Å²) < 4.78 is 11.1. The Morgan fingerprint density at radius 3 is 2.70 bits per heavy atom. The smallest absolute Gasteiger partial charge is 0.337 e. The van der Waals surface area contributed by atoms with Crippen LogP contribution in [0.5, 0.6) is 5.75 Å². The summed E-state index contributed by atoms with van der Waals surface area (Å²) in [5, 5.41) is 0.627. The normalized spacial score (nSPS) is 10.2. The zero-order valence-corrected chi connectivity index (χ0v) is 13.1. The molecule has 0 heterocycles. The lowest BCUT2D eigenvalue weighted by atomic mass is 10.1. The summed E-state index contributed by atoms with van der Waals surface area (Å²) in [6.07, 6.45) is 0. The fraction of sp³-hybridized carbons (Fsp3) is 0.133. The maximum atomic E-state index is 11.4. The number of esters is 1. The van der Waals surface area contributed by atoms with E-state index in [1.165, 1.54) is 7.11 Å². The molecule has 0 saturated carbocycles. The van der Waals surface area contributed by atoms with Crippen molar-refractivity contribution in [3.63, 3.8) is 0 Å². The number of carbonyl (C=O) groups excluding carboxylic acids is 1. The zero-order valence-electron chi connectivity index (χ0n) is 10.7. The minimum atomic E-state index is -0.368. The Morgan fingerprint density at radius 2 is 2.05 bits per heavy atom. The molecule has 0 saturated heterocycles. The van der Waals surface area contributed by atoms with Crippen molar-refractivity contribution in [3.8, 4) is 5.75 Å². The maximum Gasteiger partial charge on any atom is 0.337 e. The van der Waals surface area contributed by atoms with Crippen LogP contribution in [0.25, 0.3) is 0 Å². The van der Waals surface area contributed by atoms with Gasteiger partial charge in [0.05, 0.1) is 12.7 Å². The average Bonchev–Trinajstić information content (AvgIpc) is 2.45. The Morgan fingerprint density at radius 1 is 1.25 bits per heavy atom. The minimum Gasteiger partial charge on any atom is -0.489 e. The van der Waals surface area contributed by atoms with Crippen LogP contribution in [0.3, 0.4) is 0 Å². The molecule has 0 radical (unpaired) electrons. The molecular formula is C15H12BrClO3. The van der Waals surface area contributed by atoms with Gasteiger partial charge < -0.3 is 9.47 Å². The van der Waals surface area contributed by atoms with E-state index in [4.69, 9.17) is 16.3 Å². The van der Waals surface area contributed by atoms with E-state index in [1.807, 2.05) is 18.2 Å². The van der Waals surface area contributed by atoms with Crippen molar-refractivity contribution in [1.82, 2.24) is 0 Å². The van der Waals surface area contributed by atoms with Crippen molar-refractivity contribution in [1.29, 1.82) is 0 Å². The number of benzene rings is 2. The van der Waals surface area contributed by atoms with E-state index in [9.17, 15) is 4.79 Å². The molecule has 0 fully saturated rings. The van der Waals surface area contributed by atoms with Crippen LogP contribution >= 0.6 is 27.5 Å². The molecule has 0 bridgehead atoms. The fourth-order valence-electron chi connectivity index (χ4n) is 1.63. The molecule has 2 aromatic rings. The summed E-state index contributed by atoms with van der Waals surface area (Å²) in [5.41, 5.74) is 1.42. The quantitative estimate of drug-likeness (QED) is 0.759. The summed E-state index contributed by atoms with van der Waals surface area (Å²) in [5.74, 6) is 0.328. The largest absolute Gasteiger partial charge is 0.489 e. The van der Waals surface area contributed by atoms with E-state index in [-0.39, 0.29) is 5.97 Å². The number of halogens is 2. The lowest BCUT2D eigenvalue weighted by molar-refractivity contribution is 0.0600. The third-order valence-electron chi connectivity index (χ3n) is 2.66. The van der Waals surface area contributed by atoms with Crippen molar-refractivity contribution >= 4 is 33.5 Å². The summed E-state index contributed by atoms with van der Waals surface area (Å²) in [6, 6.07) is 12.4. The van der Waals surface area contributed by atoms with Gasteiger partial charge in [-0.1, -0.05) is 39.7 Å². The van der Waals surface area contributed by atoms with Crippen molar-refractivity contribution in [3.05, 3.63) is 63.1 Å². The molecule has 2 rings (SSSR count). The van der Waals surface area contributed by atoms with Crippen LogP contribution in [0.15, 0.2) is 46.9 Å². The van der Waals surface area contributed by atoms with Crippen LogP contribution in [0.1, 0.15) is 15.9 Å². The molecule has 0 atom stereocenters. The van der Waals surface area contributed by atoms with Crippen LogP contribution in [0.2, 0.25) is 5.02 Å². The van der Waals surface area contributed by atoms with Crippen LogP contribution in [0.4, 0.5) is 0 Å². The monoisotopic (exact) mass is 354 g/mol. The Labute approximate surface area is 130 Å². The number of rotatable bonds is 4. The van der Waals surface area contributed by atoms with Gasteiger partial charge >= 0.3 is 5.97 Å². The minimum absolute atomic E-state index is 0.368. The lowest BCUT2D eigenvalue weighted by Crippen LogP contribution is -2.03. The summed E-state index contributed by atoms with van der Waals surface area (Å²) in [7, 11) is 1.35. The first-order chi connectivity index (χ1) is 9.60. The van der Waals surface area contributed by atoms with Gasteiger partial charge in [0.25, 0.3) is 0 Å². The molecule has 2 aromatic carbocycles. The zero-order chi connectivity index (χ0) is 14.5. The standard InChI is InChI=1S/C15H12BrClO3/c1-19-15(18)10-5-6-11(14(16)7-10)9-20-13-4-2-3-12(17)8-13/h2-8H,9H2,1H3. The van der Waals surface area contributed by atoms with Gasteiger partial charge in [-0.15, -0.1) is 0 Å². The first-order valence-electron chi connectivity index (χ1n) is 5.85. The van der Waals surface area contributed by atoms with Crippen molar-refractivity contribution in [2.45, 2.75) is 6.61 Å². The molecule has 0 aromatic heterocycles. The number of methoxy groups -OCH3 is 1. The van der Waals surface area contributed by atoms with E-state index in [1.54, 1.807) is 24.3 Å². The fourth-order valence-corrected chi connectivity index (χ4v) is 2.30. The SMILES string of the molecule is COC(=O)c1ccc(COc2cccc(Cl)c2)c(Br)c1. The molecule has 0 amide bonds. The molecule has 20 heavy (non-hydrogen) atoms. The van der Waals surface area contributed by atoms with Crippen molar-refractivity contribution < 1.29 is 14.3 Å². The third kappa shape index (κ3) is 3.74. The summed E-state index contributed by atoms with van der Waals surface area (Å²) in [4.78, 5) is 11.4. The molecule has 0 aliphatic rings. The second kappa shape index (κ2) is 6.77. The predicted molar refractivity (Wildman–Crippen MR) is 81.3 cm³/mol. The van der Waals surface area contributed by atoms with E-state index in [0.717, 1.165) is 10.0 Å².